The number of pyridine rings is 1. The van der Waals surface area contributed by atoms with Crippen LogP contribution in [0.15, 0.2) is 83.9 Å². The Kier molecular flexibility index (Phi) is 6.42. The van der Waals surface area contributed by atoms with Crippen LogP contribution in [0, 0.1) is 0 Å². The molecule has 1 saturated heterocycles. The molecule has 1 aromatic carbocycles. The molecule has 5 rings (SSSR count). The molecule has 4 aromatic rings. The van der Waals surface area contributed by atoms with Crippen LogP contribution in [-0.2, 0) is 6.54 Å². The first-order chi connectivity index (χ1) is 15.9. The second kappa shape index (κ2) is 9.94. The molecule has 3 aromatic heterocycles. The van der Waals surface area contributed by atoms with Gasteiger partial charge >= 0.3 is 0 Å². The Hall–Kier alpha value is -3.22. The summed E-state index contributed by atoms with van der Waals surface area (Å²) in [6.07, 6.45) is 11.4. The van der Waals surface area contributed by atoms with Crippen LogP contribution in [0.4, 0.5) is 0 Å². The van der Waals surface area contributed by atoms with Crippen LogP contribution in [0.5, 0.6) is 0 Å². The summed E-state index contributed by atoms with van der Waals surface area (Å²) in [4.78, 5) is 6.85. The van der Waals surface area contributed by atoms with E-state index in [0.29, 0.717) is 0 Å². The second-order valence-electron chi connectivity index (χ2n) is 8.28. The average Bonchev–Trinajstić information content (AvgIpc) is 3.54. The van der Waals surface area contributed by atoms with E-state index in [1.165, 1.54) is 19.3 Å². The van der Waals surface area contributed by atoms with Gasteiger partial charge in [0.2, 0.25) is 0 Å². The van der Waals surface area contributed by atoms with E-state index in [2.05, 4.69) is 45.7 Å². The Balaban J connectivity index is 1.36. The zero-order valence-corrected chi connectivity index (χ0v) is 18.2. The van der Waals surface area contributed by atoms with Crippen LogP contribution < -0.4 is 5.32 Å². The molecule has 164 valence electrons. The zero-order valence-electron chi connectivity index (χ0n) is 18.2. The fourth-order valence-corrected chi connectivity index (χ4v) is 4.46. The number of piperidine rings is 1. The third-order valence-electron chi connectivity index (χ3n) is 6.10. The molecule has 0 spiro atoms. The quantitative estimate of drug-likeness (QED) is 0.436. The third kappa shape index (κ3) is 4.66. The highest BCUT2D eigenvalue weighted by atomic mass is 16.3. The maximum atomic E-state index is 5.80. The lowest BCUT2D eigenvalue weighted by Crippen LogP contribution is -2.38. The SMILES string of the molecule is c1ccc(-n2cc(CNCC(c3ccco3)N3CCCCC3)c(-c3cccnc3)n2)cc1. The first kappa shape index (κ1) is 20.7. The lowest BCUT2D eigenvalue weighted by molar-refractivity contribution is 0.142. The van der Waals surface area contributed by atoms with E-state index in [4.69, 9.17) is 9.52 Å². The van der Waals surface area contributed by atoms with Crippen molar-refractivity contribution < 1.29 is 4.42 Å². The number of rotatable bonds is 8. The highest BCUT2D eigenvalue weighted by molar-refractivity contribution is 5.62. The Morgan fingerprint density at radius 1 is 0.969 bits per heavy atom. The zero-order chi connectivity index (χ0) is 21.6. The van der Waals surface area contributed by atoms with Crippen molar-refractivity contribution in [1.82, 2.24) is 25.0 Å². The minimum Gasteiger partial charge on any atom is -0.468 e. The number of likely N-dealkylation sites (tertiary alicyclic amines) is 1. The van der Waals surface area contributed by atoms with Gasteiger partial charge in [0.15, 0.2) is 0 Å². The van der Waals surface area contributed by atoms with E-state index in [1.54, 1.807) is 12.5 Å². The number of benzene rings is 1. The molecule has 1 unspecified atom stereocenters. The summed E-state index contributed by atoms with van der Waals surface area (Å²) >= 11 is 0. The summed E-state index contributed by atoms with van der Waals surface area (Å²) in [7, 11) is 0. The van der Waals surface area contributed by atoms with E-state index >= 15 is 0 Å². The van der Waals surface area contributed by atoms with Crippen LogP contribution in [0.3, 0.4) is 0 Å². The van der Waals surface area contributed by atoms with E-state index < -0.39 is 0 Å². The molecule has 0 aliphatic carbocycles. The average molecular weight is 428 g/mol. The van der Waals surface area contributed by atoms with Gasteiger partial charge in [-0.2, -0.15) is 5.10 Å². The van der Waals surface area contributed by atoms with E-state index in [-0.39, 0.29) is 6.04 Å². The molecule has 6 heteroatoms. The summed E-state index contributed by atoms with van der Waals surface area (Å²) in [5, 5.41) is 8.58. The number of nitrogens with zero attached hydrogens (tertiary/aromatic N) is 4. The molecular formula is C26H29N5O. The fraction of sp³-hybridized carbons (Fsp3) is 0.308. The summed E-state index contributed by atoms with van der Waals surface area (Å²) in [5.74, 6) is 1.03. The van der Waals surface area contributed by atoms with Gasteiger partial charge in [-0.25, -0.2) is 4.68 Å². The predicted octanol–water partition coefficient (Wildman–Crippen LogP) is 4.84. The van der Waals surface area contributed by atoms with Gasteiger partial charge in [0.1, 0.15) is 5.76 Å². The Morgan fingerprint density at radius 3 is 2.59 bits per heavy atom. The summed E-state index contributed by atoms with van der Waals surface area (Å²) in [5.41, 5.74) is 4.18. The van der Waals surface area contributed by atoms with Crippen molar-refractivity contribution in [3.05, 3.63) is 90.8 Å². The Bertz CT molecular complexity index is 1090. The standard InChI is InChI=1S/C26H29N5O/c1-3-10-23(11-4-1)31-20-22(26(29-31)21-9-7-13-27-17-21)18-28-19-24(25-12-8-16-32-25)30-14-5-2-6-15-30/h1,3-4,7-13,16-17,20,24,28H,2,5-6,14-15,18-19H2. The van der Waals surface area contributed by atoms with Gasteiger partial charge in [0, 0.05) is 42.8 Å². The van der Waals surface area contributed by atoms with Gasteiger partial charge in [0.25, 0.3) is 0 Å². The Morgan fingerprint density at radius 2 is 1.84 bits per heavy atom. The molecule has 6 nitrogen and oxygen atoms in total. The smallest absolute Gasteiger partial charge is 0.122 e. The molecule has 4 heterocycles. The third-order valence-corrected chi connectivity index (χ3v) is 6.10. The summed E-state index contributed by atoms with van der Waals surface area (Å²) < 4.78 is 7.75. The van der Waals surface area contributed by atoms with Crippen LogP contribution >= 0.6 is 0 Å². The maximum Gasteiger partial charge on any atom is 0.122 e. The van der Waals surface area contributed by atoms with Crippen LogP contribution in [0.2, 0.25) is 0 Å². The lowest BCUT2D eigenvalue weighted by atomic mass is 10.1. The molecule has 0 bridgehead atoms. The first-order valence-corrected chi connectivity index (χ1v) is 11.4. The second-order valence-corrected chi connectivity index (χ2v) is 8.28. The minimum atomic E-state index is 0.247. The molecular weight excluding hydrogens is 398 g/mol. The number of hydrogen-bond donors (Lipinski definition) is 1. The molecule has 0 radical (unpaired) electrons. The Labute approximate surface area is 188 Å². The summed E-state index contributed by atoms with van der Waals surface area (Å²) in [6.45, 7) is 3.80. The fourth-order valence-electron chi connectivity index (χ4n) is 4.46. The van der Waals surface area contributed by atoms with Gasteiger partial charge in [-0.1, -0.05) is 24.6 Å². The number of para-hydroxylation sites is 1. The normalized spacial score (nSPS) is 15.6. The number of aromatic nitrogens is 3. The van der Waals surface area contributed by atoms with E-state index in [0.717, 1.165) is 54.4 Å². The van der Waals surface area contributed by atoms with E-state index in [9.17, 15) is 0 Å². The van der Waals surface area contributed by atoms with Crippen molar-refractivity contribution in [1.29, 1.82) is 0 Å². The van der Waals surface area contributed by atoms with Gasteiger partial charge in [0.05, 0.1) is 23.7 Å². The molecule has 1 aliphatic rings. The van der Waals surface area contributed by atoms with Crippen molar-refractivity contribution in [3.63, 3.8) is 0 Å². The molecule has 32 heavy (non-hydrogen) atoms. The van der Waals surface area contributed by atoms with Crippen LogP contribution in [0.1, 0.15) is 36.6 Å². The van der Waals surface area contributed by atoms with Crippen molar-refractivity contribution in [2.75, 3.05) is 19.6 Å². The topological polar surface area (TPSA) is 59.1 Å². The lowest BCUT2D eigenvalue weighted by Gasteiger charge is -2.33. The van der Waals surface area contributed by atoms with E-state index in [1.807, 2.05) is 41.2 Å². The van der Waals surface area contributed by atoms with Crippen molar-refractivity contribution in [3.8, 4) is 16.9 Å². The largest absolute Gasteiger partial charge is 0.468 e. The van der Waals surface area contributed by atoms with Crippen molar-refractivity contribution in [2.24, 2.45) is 0 Å². The minimum absolute atomic E-state index is 0.247. The maximum absolute atomic E-state index is 5.80. The van der Waals surface area contributed by atoms with Crippen LogP contribution in [0.25, 0.3) is 16.9 Å². The predicted molar refractivity (Wildman–Crippen MR) is 125 cm³/mol. The number of hydrogen-bond acceptors (Lipinski definition) is 5. The molecule has 0 amide bonds. The van der Waals surface area contributed by atoms with Crippen molar-refractivity contribution in [2.45, 2.75) is 31.8 Å². The number of nitrogens with one attached hydrogen (secondary N) is 1. The monoisotopic (exact) mass is 427 g/mol. The first-order valence-electron chi connectivity index (χ1n) is 11.4. The number of furan rings is 1. The molecule has 1 aliphatic heterocycles. The summed E-state index contributed by atoms with van der Waals surface area (Å²) in [6, 6.07) is 18.6. The highest BCUT2D eigenvalue weighted by Gasteiger charge is 2.24. The van der Waals surface area contributed by atoms with Crippen molar-refractivity contribution >= 4 is 0 Å². The molecule has 1 atom stereocenters. The van der Waals surface area contributed by atoms with Gasteiger partial charge in [-0.3, -0.25) is 9.88 Å². The van der Waals surface area contributed by atoms with Gasteiger partial charge in [-0.15, -0.1) is 0 Å². The van der Waals surface area contributed by atoms with Gasteiger partial charge in [-0.05, 0) is 62.3 Å². The molecule has 1 N–H and O–H groups in total. The van der Waals surface area contributed by atoms with Gasteiger partial charge < -0.3 is 9.73 Å². The van der Waals surface area contributed by atoms with Crippen LogP contribution in [-0.4, -0.2) is 39.3 Å². The molecule has 1 fully saturated rings. The molecule has 0 saturated carbocycles. The highest BCUT2D eigenvalue weighted by Crippen LogP contribution is 2.26.